The van der Waals surface area contributed by atoms with Gasteiger partial charge in [0.25, 0.3) is 0 Å². The number of hydrogen-bond donors (Lipinski definition) is 2. The van der Waals surface area contributed by atoms with Gasteiger partial charge in [0.1, 0.15) is 11.6 Å². The van der Waals surface area contributed by atoms with E-state index in [0.29, 0.717) is 36.9 Å². The molecule has 0 fully saturated rings. The molecule has 47 heavy (non-hydrogen) atoms. The smallest absolute Gasteiger partial charge is 0.224 e. The first-order chi connectivity index (χ1) is 22.9. The van der Waals surface area contributed by atoms with Crippen molar-refractivity contribution in [2.75, 3.05) is 25.6 Å². The van der Waals surface area contributed by atoms with Crippen molar-refractivity contribution in [3.8, 4) is 22.6 Å². The number of halogens is 1. The molecule has 5 rings (SSSR count). The van der Waals surface area contributed by atoms with Crippen molar-refractivity contribution in [2.45, 2.75) is 58.4 Å². The molecule has 0 aliphatic rings. The Hall–Kier alpha value is -4.43. The van der Waals surface area contributed by atoms with Crippen LogP contribution in [0.2, 0.25) is 0 Å². The van der Waals surface area contributed by atoms with Crippen molar-refractivity contribution in [3.63, 3.8) is 0 Å². The van der Waals surface area contributed by atoms with Crippen LogP contribution < -0.4 is 20.1 Å². The van der Waals surface area contributed by atoms with Gasteiger partial charge < -0.3 is 20.1 Å². The van der Waals surface area contributed by atoms with E-state index in [4.69, 9.17) is 14.5 Å². The first kappa shape index (κ1) is 33.9. The highest BCUT2D eigenvalue weighted by atomic mass is 79.9. The first-order valence-electron chi connectivity index (χ1n) is 16.3. The topological polar surface area (TPSA) is 85.4 Å². The number of hydrogen-bond acceptors (Lipinski definition) is 6. The van der Waals surface area contributed by atoms with E-state index < -0.39 is 0 Å². The molecule has 0 unspecified atom stereocenters. The van der Waals surface area contributed by atoms with Crippen molar-refractivity contribution >= 4 is 38.6 Å². The minimum Gasteiger partial charge on any atom is -0.493 e. The molecule has 0 bridgehead atoms. The second-order valence-corrected chi connectivity index (χ2v) is 12.7. The van der Waals surface area contributed by atoms with Crippen molar-refractivity contribution in [1.82, 2.24) is 15.3 Å². The quantitative estimate of drug-likeness (QED) is 0.100. The van der Waals surface area contributed by atoms with Crippen molar-refractivity contribution in [3.05, 3.63) is 112 Å². The molecule has 7 nitrogen and oxygen atoms in total. The summed E-state index contributed by atoms with van der Waals surface area (Å²) in [4.78, 5) is 21.8. The summed E-state index contributed by atoms with van der Waals surface area (Å²) in [7, 11) is 1.65. The number of carbonyl (C=O) groups is 1. The van der Waals surface area contributed by atoms with Crippen LogP contribution in [0.1, 0.15) is 62.0 Å². The van der Waals surface area contributed by atoms with Crippen LogP contribution in [-0.4, -0.2) is 36.1 Å². The molecule has 4 aromatic carbocycles. The maximum absolute atomic E-state index is 12.4. The fourth-order valence-electron chi connectivity index (χ4n) is 5.56. The lowest BCUT2D eigenvalue weighted by Crippen LogP contribution is -2.26. The number of amides is 1. The number of fused-ring (bicyclic) bond motifs is 1. The summed E-state index contributed by atoms with van der Waals surface area (Å²) in [6, 6.07) is 30.7. The van der Waals surface area contributed by atoms with Crippen LogP contribution in [0.3, 0.4) is 0 Å². The normalized spacial score (nSPS) is 11.7. The number of ether oxygens (including phenoxy) is 2. The third kappa shape index (κ3) is 9.78. The molecule has 0 aliphatic carbocycles. The average Bonchev–Trinajstić information content (AvgIpc) is 3.08. The summed E-state index contributed by atoms with van der Waals surface area (Å²) in [5.74, 6) is 2.86. The lowest BCUT2D eigenvalue weighted by atomic mass is 10.0. The minimum atomic E-state index is 0.0478. The molecular formula is C39H43BrN4O3. The Balaban J connectivity index is 1.02. The van der Waals surface area contributed by atoms with E-state index >= 15 is 0 Å². The maximum Gasteiger partial charge on any atom is 0.224 e. The van der Waals surface area contributed by atoms with Gasteiger partial charge in [0.05, 0.1) is 31.7 Å². The van der Waals surface area contributed by atoms with Crippen LogP contribution in [0.4, 0.5) is 5.82 Å². The number of nitrogens with one attached hydrogen (secondary N) is 2. The maximum atomic E-state index is 12.4. The second-order valence-electron chi connectivity index (χ2n) is 11.8. The van der Waals surface area contributed by atoms with E-state index in [1.807, 2.05) is 61.5 Å². The number of aromatic nitrogens is 2. The zero-order valence-electron chi connectivity index (χ0n) is 27.4. The lowest BCUT2D eigenvalue weighted by Gasteiger charge is -2.18. The van der Waals surface area contributed by atoms with E-state index in [9.17, 15) is 4.79 Å². The number of unbranched alkanes of at least 4 members (excludes halogenated alkanes) is 4. The van der Waals surface area contributed by atoms with Crippen LogP contribution in [0.5, 0.6) is 11.5 Å². The summed E-state index contributed by atoms with van der Waals surface area (Å²) >= 11 is 3.56. The number of carbonyl (C=O) groups excluding carboxylic acids is 1. The molecule has 1 amide bonds. The van der Waals surface area contributed by atoms with Gasteiger partial charge >= 0.3 is 0 Å². The Morgan fingerprint density at radius 3 is 2.34 bits per heavy atom. The number of methoxy groups -OCH3 is 1. The molecule has 2 N–H and O–H groups in total. The Morgan fingerprint density at radius 2 is 1.57 bits per heavy atom. The van der Waals surface area contributed by atoms with E-state index in [-0.39, 0.29) is 11.9 Å². The van der Waals surface area contributed by atoms with Crippen LogP contribution in [0.25, 0.3) is 22.0 Å². The molecule has 8 heteroatoms. The van der Waals surface area contributed by atoms with Crippen molar-refractivity contribution in [1.29, 1.82) is 0 Å². The standard InChI is InChI=1S/C39H43BrN4O3/c1-27(32-15-12-16-33(40)24-32)42-39-34-25-36(46-3)37(26-35(34)43-28(2)44-39)47-22-11-6-4-5-10-21-41-38(45)23-29-17-19-31(20-18-29)30-13-8-7-9-14-30/h7-9,12-20,24-27H,4-6,10-11,21-23H2,1-3H3,(H,41,45)(H,42,43,44)/t27-/m1/s1. The summed E-state index contributed by atoms with van der Waals surface area (Å²) in [5, 5.41) is 7.50. The fraction of sp³-hybridized carbons (Fsp3) is 0.308. The lowest BCUT2D eigenvalue weighted by molar-refractivity contribution is -0.120. The predicted octanol–water partition coefficient (Wildman–Crippen LogP) is 9.24. The molecule has 0 aliphatic heterocycles. The highest BCUT2D eigenvalue weighted by Gasteiger charge is 2.15. The Kier molecular flexibility index (Phi) is 12.2. The largest absolute Gasteiger partial charge is 0.493 e. The van der Waals surface area contributed by atoms with E-state index in [0.717, 1.165) is 70.0 Å². The van der Waals surface area contributed by atoms with Gasteiger partial charge in [-0.05, 0) is 67.1 Å². The Bertz CT molecular complexity index is 1760. The summed E-state index contributed by atoms with van der Waals surface area (Å²) in [6.45, 7) is 5.31. The molecule has 0 saturated carbocycles. The van der Waals surface area contributed by atoms with Gasteiger partial charge in [-0.1, -0.05) is 102 Å². The Morgan fingerprint density at radius 1 is 0.830 bits per heavy atom. The molecule has 1 aromatic heterocycles. The molecule has 0 spiro atoms. The van der Waals surface area contributed by atoms with Gasteiger partial charge in [0, 0.05) is 22.5 Å². The second kappa shape index (κ2) is 16.9. The van der Waals surface area contributed by atoms with Gasteiger partial charge in [-0.15, -0.1) is 0 Å². The van der Waals surface area contributed by atoms with Crippen LogP contribution in [0, 0.1) is 6.92 Å². The van der Waals surface area contributed by atoms with Crippen molar-refractivity contribution in [2.24, 2.45) is 0 Å². The third-order valence-corrected chi connectivity index (χ3v) is 8.61. The van der Waals surface area contributed by atoms with Gasteiger partial charge in [-0.2, -0.15) is 0 Å². The molecule has 1 atom stereocenters. The molecule has 244 valence electrons. The minimum absolute atomic E-state index is 0.0478. The van der Waals surface area contributed by atoms with Crippen LogP contribution in [-0.2, 0) is 11.2 Å². The van der Waals surface area contributed by atoms with Gasteiger partial charge in [-0.25, -0.2) is 9.97 Å². The average molecular weight is 696 g/mol. The summed E-state index contributed by atoms with van der Waals surface area (Å²) in [5.41, 5.74) is 5.32. The molecule has 0 radical (unpaired) electrons. The zero-order valence-corrected chi connectivity index (χ0v) is 29.0. The van der Waals surface area contributed by atoms with Crippen molar-refractivity contribution < 1.29 is 14.3 Å². The van der Waals surface area contributed by atoms with Crippen LogP contribution in [0.15, 0.2) is 95.5 Å². The Labute approximate surface area is 286 Å². The predicted molar refractivity (Wildman–Crippen MR) is 194 cm³/mol. The molecule has 0 saturated heterocycles. The van der Waals surface area contributed by atoms with E-state index in [1.54, 1.807) is 7.11 Å². The number of anilines is 1. The highest BCUT2D eigenvalue weighted by Crippen LogP contribution is 2.35. The van der Waals surface area contributed by atoms with Gasteiger partial charge in [-0.3, -0.25) is 4.79 Å². The highest BCUT2D eigenvalue weighted by molar-refractivity contribution is 9.10. The van der Waals surface area contributed by atoms with Gasteiger partial charge in [0.15, 0.2) is 11.5 Å². The van der Waals surface area contributed by atoms with Gasteiger partial charge in [0.2, 0.25) is 5.91 Å². The van der Waals surface area contributed by atoms with E-state index in [1.165, 1.54) is 5.56 Å². The number of aryl methyl sites for hydroxylation is 1. The number of nitrogens with zero attached hydrogens (tertiary/aromatic N) is 2. The third-order valence-electron chi connectivity index (χ3n) is 8.12. The number of benzene rings is 4. The zero-order chi connectivity index (χ0) is 33.0. The summed E-state index contributed by atoms with van der Waals surface area (Å²) in [6.07, 6.45) is 5.52. The summed E-state index contributed by atoms with van der Waals surface area (Å²) < 4.78 is 12.9. The van der Waals surface area contributed by atoms with Crippen LogP contribution >= 0.6 is 15.9 Å². The van der Waals surface area contributed by atoms with E-state index in [2.05, 4.69) is 74.9 Å². The first-order valence-corrected chi connectivity index (χ1v) is 17.1. The monoisotopic (exact) mass is 694 g/mol. The molecule has 5 aromatic rings. The molecular weight excluding hydrogens is 652 g/mol. The fourth-order valence-corrected chi connectivity index (χ4v) is 5.98. The molecule has 1 heterocycles. The number of rotatable bonds is 16. The SMILES string of the molecule is COc1cc2c(N[C@H](C)c3cccc(Br)c3)nc(C)nc2cc1OCCCCCCCNC(=O)Cc1ccc(-c2ccccc2)cc1.